The molecule has 1 aromatic carbocycles. The number of carbonyl (C=O) groups excluding carboxylic acids is 1. The Morgan fingerprint density at radius 1 is 1.20 bits per heavy atom. The highest BCUT2D eigenvalue weighted by Crippen LogP contribution is 2.17. The van der Waals surface area contributed by atoms with Gasteiger partial charge in [0.15, 0.2) is 0 Å². The minimum absolute atomic E-state index is 0.0736. The van der Waals surface area contributed by atoms with E-state index in [4.69, 9.17) is 9.47 Å². The average molecular weight is 340 g/mol. The fraction of sp³-hybridized carbons (Fsp3) is 0.400. The zero-order valence-electron chi connectivity index (χ0n) is 14.7. The number of amides is 1. The number of nitrogens with one attached hydrogen (secondary N) is 1. The Labute approximate surface area is 148 Å². The molecule has 0 unspecified atom stereocenters. The molecular formula is C20H24N2O3. The Morgan fingerprint density at radius 2 is 1.92 bits per heavy atom. The van der Waals surface area contributed by atoms with Crippen molar-refractivity contribution in [3.8, 4) is 5.88 Å². The molecule has 0 spiro atoms. The van der Waals surface area contributed by atoms with Crippen LogP contribution in [0, 0.1) is 13.8 Å². The first kappa shape index (κ1) is 17.4. The highest BCUT2D eigenvalue weighted by atomic mass is 16.5. The summed E-state index contributed by atoms with van der Waals surface area (Å²) in [5, 5.41) is 2.96. The molecule has 0 aliphatic carbocycles. The van der Waals surface area contributed by atoms with Gasteiger partial charge in [-0.05, 0) is 37.6 Å². The van der Waals surface area contributed by atoms with E-state index in [9.17, 15) is 4.79 Å². The molecule has 1 saturated heterocycles. The summed E-state index contributed by atoms with van der Waals surface area (Å²) >= 11 is 0. The number of hydrogen-bond acceptors (Lipinski definition) is 4. The van der Waals surface area contributed by atoms with Crippen molar-refractivity contribution >= 4 is 5.91 Å². The van der Waals surface area contributed by atoms with Crippen molar-refractivity contribution in [1.29, 1.82) is 0 Å². The van der Waals surface area contributed by atoms with Gasteiger partial charge in [-0.2, -0.15) is 0 Å². The molecule has 2 heterocycles. The van der Waals surface area contributed by atoms with Gasteiger partial charge in [-0.3, -0.25) is 4.79 Å². The lowest BCUT2D eigenvalue weighted by Gasteiger charge is -2.22. The molecule has 0 atom stereocenters. The second-order valence-electron chi connectivity index (χ2n) is 6.49. The topological polar surface area (TPSA) is 60.5 Å². The van der Waals surface area contributed by atoms with Crippen LogP contribution < -0.4 is 10.1 Å². The molecule has 1 amide bonds. The predicted octanol–water partition coefficient (Wildman–Crippen LogP) is 3.19. The van der Waals surface area contributed by atoms with Gasteiger partial charge in [0, 0.05) is 37.2 Å². The van der Waals surface area contributed by atoms with Gasteiger partial charge < -0.3 is 14.8 Å². The average Bonchev–Trinajstić information content (AvgIpc) is 2.60. The van der Waals surface area contributed by atoms with Crippen molar-refractivity contribution in [1.82, 2.24) is 10.3 Å². The van der Waals surface area contributed by atoms with Crippen molar-refractivity contribution in [3.63, 3.8) is 0 Å². The first-order valence-corrected chi connectivity index (χ1v) is 8.66. The minimum atomic E-state index is -0.0736. The van der Waals surface area contributed by atoms with Gasteiger partial charge in [0.05, 0.1) is 13.2 Å². The van der Waals surface area contributed by atoms with E-state index in [-0.39, 0.29) is 12.0 Å². The van der Waals surface area contributed by atoms with Crippen molar-refractivity contribution in [2.45, 2.75) is 39.3 Å². The largest absolute Gasteiger partial charge is 0.474 e. The van der Waals surface area contributed by atoms with Gasteiger partial charge in [0.25, 0.3) is 5.91 Å². The van der Waals surface area contributed by atoms with Gasteiger partial charge in [-0.25, -0.2) is 4.98 Å². The summed E-state index contributed by atoms with van der Waals surface area (Å²) in [6.45, 7) is 5.89. The lowest BCUT2D eigenvalue weighted by molar-refractivity contribution is 0.0237. The molecule has 1 aromatic heterocycles. The maximum Gasteiger partial charge on any atom is 0.251 e. The van der Waals surface area contributed by atoms with Crippen LogP contribution in [0.5, 0.6) is 5.88 Å². The van der Waals surface area contributed by atoms with Crippen LogP contribution in [0.15, 0.2) is 36.5 Å². The monoisotopic (exact) mass is 340 g/mol. The number of aromatic nitrogens is 1. The van der Waals surface area contributed by atoms with E-state index in [1.165, 1.54) is 0 Å². The molecule has 5 heteroatoms. The number of hydrogen-bond donors (Lipinski definition) is 1. The third-order valence-corrected chi connectivity index (χ3v) is 4.19. The van der Waals surface area contributed by atoms with Crippen LogP contribution in [0.3, 0.4) is 0 Å². The summed E-state index contributed by atoms with van der Waals surface area (Å²) in [5.74, 6) is 0.528. The first-order valence-electron chi connectivity index (χ1n) is 8.66. The standard InChI is InChI=1S/C20H24N2O3/c1-14-9-15(2)11-17(10-14)20(23)22-13-16-3-6-21-19(12-16)25-18-4-7-24-8-5-18/h3,6,9-12,18H,4-5,7-8,13H2,1-2H3,(H,22,23). The summed E-state index contributed by atoms with van der Waals surface area (Å²) in [6.07, 6.45) is 3.64. The van der Waals surface area contributed by atoms with Crippen LogP contribution in [0.25, 0.3) is 0 Å². The third kappa shape index (κ3) is 5.03. The number of aryl methyl sites for hydroxylation is 2. The molecule has 0 saturated carbocycles. The van der Waals surface area contributed by atoms with Crippen LogP contribution in [0.2, 0.25) is 0 Å². The Morgan fingerprint density at radius 3 is 2.64 bits per heavy atom. The molecule has 1 aliphatic heterocycles. The van der Waals surface area contributed by atoms with Crippen LogP contribution in [0.4, 0.5) is 0 Å². The highest BCUT2D eigenvalue weighted by Gasteiger charge is 2.16. The van der Waals surface area contributed by atoms with Crippen molar-refractivity contribution in [3.05, 3.63) is 58.8 Å². The van der Waals surface area contributed by atoms with Crippen molar-refractivity contribution < 1.29 is 14.3 Å². The van der Waals surface area contributed by atoms with E-state index in [2.05, 4.69) is 16.4 Å². The summed E-state index contributed by atoms with van der Waals surface area (Å²) < 4.78 is 11.3. The van der Waals surface area contributed by atoms with E-state index in [0.717, 1.165) is 42.7 Å². The Balaban J connectivity index is 1.59. The molecule has 1 N–H and O–H groups in total. The second kappa shape index (κ2) is 8.12. The zero-order valence-corrected chi connectivity index (χ0v) is 14.7. The lowest BCUT2D eigenvalue weighted by Crippen LogP contribution is -2.26. The van der Waals surface area contributed by atoms with Crippen LogP contribution in [-0.4, -0.2) is 30.2 Å². The molecule has 5 nitrogen and oxygen atoms in total. The van der Waals surface area contributed by atoms with E-state index in [1.54, 1.807) is 6.20 Å². The van der Waals surface area contributed by atoms with Crippen LogP contribution >= 0.6 is 0 Å². The molecule has 1 fully saturated rings. The third-order valence-electron chi connectivity index (χ3n) is 4.19. The molecule has 1 aliphatic rings. The predicted molar refractivity (Wildman–Crippen MR) is 95.8 cm³/mol. The van der Waals surface area contributed by atoms with Crippen molar-refractivity contribution in [2.75, 3.05) is 13.2 Å². The normalized spacial score (nSPS) is 15.0. The summed E-state index contributed by atoms with van der Waals surface area (Å²) in [4.78, 5) is 16.6. The maximum atomic E-state index is 12.4. The maximum absolute atomic E-state index is 12.4. The molecular weight excluding hydrogens is 316 g/mol. The molecule has 3 rings (SSSR count). The minimum Gasteiger partial charge on any atom is -0.474 e. The Hall–Kier alpha value is -2.40. The molecule has 0 radical (unpaired) electrons. The zero-order chi connectivity index (χ0) is 17.6. The summed E-state index contributed by atoms with van der Waals surface area (Å²) in [5.41, 5.74) is 3.82. The lowest BCUT2D eigenvalue weighted by atomic mass is 10.1. The SMILES string of the molecule is Cc1cc(C)cc(C(=O)NCc2ccnc(OC3CCOCC3)c2)c1. The van der Waals surface area contributed by atoms with Gasteiger partial charge in [0.1, 0.15) is 6.10 Å². The fourth-order valence-corrected chi connectivity index (χ4v) is 2.98. The van der Waals surface area contributed by atoms with Gasteiger partial charge >= 0.3 is 0 Å². The second-order valence-corrected chi connectivity index (χ2v) is 6.49. The molecule has 0 bridgehead atoms. The van der Waals surface area contributed by atoms with Gasteiger partial charge in [-0.15, -0.1) is 0 Å². The number of carbonyl (C=O) groups is 1. The number of rotatable bonds is 5. The summed E-state index contributed by atoms with van der Waals surface area (Å²) in [6, 6.07) is 9.62. The van der Waals surface area contributed by atoms with E-state index in [1.807, 2.05) is 38.1 Å². The quantitative estimate of drug-likeness (QED) is 0.908. The molecule has 2 aromatic rings. The van der Waals surface area contributed by atoms with Crippen molar-refractivity contribution in [2.24, 2.45) is 0 Å². The van der Waals surface area contributed by atoms with E-state index < -0.39 is 0 Å². The van der Waals surface area contributed by atoms with E-state index in [0.29, 0.717) is 18.0 Å². The van der Waals surface area contributed by atoms with Crippen LogP contribution in [0.1, 0.15) is 39.9 Å². The number of pyridine rings is 1. The van der Waals surface area contributed by atoms with Crippen LogP contribution in [-0.2, 0) is 11.3 Å². The first-order chi connectivity index (χ1) is 12.1. The number of ether oxygens (including phenoxy) is 2. The van der Waals surface area contributed by atoms with Gasteiger partial charge in [-0.1, -0.05) is 17.2 Å². The number of benzene rings is 1. The Bertz CT molecular complexity index is 719. The smallest absolute Gasteiger partial charge is 0.251 e. The Kier molecular flexibility index (Phi) is 5.66. The highest BCUT2D eigenvalue weighted by molar-refractivity contribution is 5.94. The van der Waals surface area contributed by atoms with Gasteiger partial charge in [0.2, 0.25) is 5.88 Å². The molecule has 25 heavy (non-hydrogen) atoms. The number of nitrogens with zero attached hydrogens (tertiary/aromatic N) is 1. The molecule has 132 valence electrons. The fourth-order valence-electron chi connectivity index (χ4n) is 2.98. The van der Waals surface area contributed by atoms with E-state index >= 15 is 0 Å². The summed E-state index contributed by atoms with van der Waals surface area (Å²) in [7, 11) is 0.